The fourth-order valence-electron chi connectivity index (χ4n) is 2.63. The molecule has 0 fully saturated rings. The van der Waals surface area contributed by atoms with Crippen LogP contribution in [-0.4, -0.2) is 19.2 Å². The number of benzene rings is 1. The second-order valence-electron chi connectivity index (χ2n) is 6.76. The topological polar surface area (TPSA) is 37.4 Å². The molecule has 22 heavy (non-hydrogen) atoms. The predicted molar refractivity (Wildman–Crippen MR) is 96.1 cm³/mol. The maximum atomic E-state index is 6.22. The lowest BCUT2D eigenvalue weighted by molar-refractivity contribution is 0.561. The molecule has 2 aromatic rings. The fraction of sp³-hybridized carbons (Fsp3) is 0.278. The summed E-state index contributed by atoms with van der Waals surface area (Å²) in [4.78, 5) is 8.11. The van der Waals surface area contributed by atoms with Gasteiger partial charge in [-0.25, -0.2) is 4.99 Å². The summed E-state index contributed by atoms with van der Waals surface area (Å²) in [5.41, 5.74) is 6.73. The third-order valence-electron chi connectivity index (χ3n) is 3.53. The molecule has 2 heterocycles. The monoisotopic (exact) mass is 310 g/mol. The van der Waals surface area contributed by atoms with Crippen molar-refractivity contribution in [2.75, 3.05) is 0 Å². The molecule has 0 radical (unpaired) electrons. The van der Waals surface area contributed by atoms with Gasteiger partial charge in [0.25, 0.3) is 0 Å². The summed E-state index contributed by atoms with van der Waals surface area (Å²) in [5.74, 6) is 0.756. The van der Waals surface area contributed by atoms with Crippen LogP contribution < -0.4 is 0 Å². The number of hydrogen-bond acceptors (Lipinski definition) is 2. The van der Waals surface area contributed by atoms with E-state index < -0.39 is 8.32 Å². The van der Waals surface area contributed by atoms with E-state index in [4.69, 9.17) is 9.42 Å². The minimum Gasteiger partial charge on any atom is -0.531 e. The maximum Gasteiger partial charge on any atom is 0.244 e. The van der Waals surface area contributed by atoms with Gasteiger partial charge in [-0.05, 0) is 57.3 Å². The Kier molecular flexibility index (Phi) is 3.57. The molecule has 0 saturated heterocycles. The van der Waals surface area contributed by atoms with Gasteiger partial charge in [0.2, 0.25) is 14.2 Å². The van der Waals surface area contributed by atoms with E-state index in [1.54, 1.807) is 0 Å². The fourth-order valence-corrected chi connectivity index (χ4v) is 3.37. The Balaban J connectivity index is 2.09. The smallest absolute Gasteiger partial charge is 0.244 e. The van der Waals surface area contributed by atoms with Crippen LogP contribution in [0.4, 0.5) is 5.69 Å². The predicted octanol–water partition coefficient (Wildman–Crippen LogP) is 5.07. The van der Waals surface area contributed by atoms with E-state index in [1.807, 2.05) is 18.2 Å². The molecule has 0 aliphatic carbocycles. The standard InChI is InChI=1S/C18H22N2OSi/c1-12-10-13(2)19-17(12)11-15-14-8-6-7-9-16(14)20-18(15)21-22(3,4)5/h6-11,19H,1-5H3/b15-11-. The minimum atomic E-state index is -1.71. The SMILES string of the molecule is Cc1cc(C)c(/C=C2\C(O[Si](C)(C)C)=Nc3ccccc32)[nH]1. The maximum absolute atomic E-state index is 6.22. The van der Waals surface area contributed by atoms with Gasteiger partial charge in [-0.2, -0.15) is 0 Å². The third kappa shape index (κ3) is 2.92. The Morgan fingerprint density at radius 1 is 1.14 bits per heavy atom. The lowest BCUT2D eigenvalue weighted by Crippen LogP contribution is -2.28. The average Bonchev–Trinajstić information content (AvgIpc) is 2.89. The summed E-state index contributed by atoms with van der Waals surface area (Å²) in [6.07, 6.45) is 2.16. The van der Waals surface area contributed by atoms with E-state index in [9.17, 15) is 0 Å². The van der Waals surface area contributed by atoms with Crippen molar-refractivity contribution >= 4 is 31.6 Å². The van der Waals surface area contributed by atoms with Crippen molar-refractivity contribution in [1.82, 2.24) is 4.98 Å². The van der Waals surface area contributed by atoms with Crippen molar-refractivity contribution in [2.45, 2.75) is 33.5 Å². The van der Waals surface area contributed by atoms with Crippen LogP contribution in [0.15, 0.2) is 35.3 Å². The lowest BCUT2D eigenvalue weighted by atomic mass is 10.0. The first-order valence-electron chi connectivity index (χ1n) is 7.59. The molecule has 4 heteroatoms. The van der Waals surface area contributed by atoms with Crippen molar-refractivity contribution in [3.8, 4) is 0 Å². The Hall–Kier alpha value is -2.07. The van der Waals surface area contributed by atoms with Crippen LogP contribution in [0.3, 0.4) is 0 Å². The summed E-state index contributed by atoms with van der Waals surface area (Å²) < 4.78 is 6.22. The number of rotatable bonds is 2. The molecule has 3 rings (SSSR count). The van der Waals surface area contributed by atoms with Crippen LogP contribution in [0.2, 0.25) is 19.6 Å². The molecule has 1 N–H and O–H groups in total. The van der Waals surface area contributed by atoms with Gasteiger partial charge in [-0.1, -0.05) is 18.2 Å². The number of aromatic amines is 1. The quantitative estimate of drug-likeness (QED) is 0.773. The second-order valence-corrected chi connectivity index (χ2v) is 11.2. The molecule has 0 unspecified atom stereocenters. The summed E-state index contributed by atoms with van der Waals surface area (Å²) >= 11 is 0. The van der Waals surface area contributed by atoms with Gasteiger partial charge in [-0.3, -0.25) is 0 Å². The highest BCUT2D eigenvalue weighted by molar-refractivity contribution is 6.72. The van der Waals surface area contributed by atoms with Gasteiger partial charge in [-0.15, -0.1) is 0 Å². The molecule has 0 amide bonds. The van der Waals surface area contributed by atoms with Crippen LogP contribution in [0.5, 0.6) is 0 Å². The number of aryl methyl sites for hydroxylation is 2. The van der Waals surface area contributed by atoms with Gasteiger partial charge >= 0.3 is 0 Å². The van der Waals surface area contributed by atoms with Crippen molar-refractivity contribution in [1.29, 1.82) is 0 Å². The largest absolute Gasteiger partial charge is 0.531 e. The zero-order chi connectivity index (χ0) is 15.9. The highest BCUT2D eigenvalue weighted by atomic mass is 28.4. The zero-order valence-electron chi connectivity index (χ0n) is 13.8. The molecule has 1 aromatic carbocycles. The van der Waals surface area contributed by atoms with Gasteiger partial charge < -0.3 is 9.41 Å². The molecule has 0 saturated carbocycles. The minimum absolute atomic E-state index is 0.756. The van der Waals surface area contributed by atoms with Gasteiger partial charge in [0.15, 0.2) is 0 Å². The van der Waals surface area contributed by atoms with Crippen LogP contribution in [0.1, 0.15) is 22.5 Å². The van der Waals surface area contributed by atoms with Gasteiger partial charge in [0, 0.05) is 22.5 Å². The average molecular weight is 310 g/mol. The molecule has 0 atom stereocenters. The van der Waals surface area contributed by atoms with Crippen LogP contribution in [-0.2, 0) is 4.43 Å². The molecule has 1 aliphatic heterocycles. The number of fused-ring (bicyclic) bond motifs is 1. The molecule has 0 spiro atoms. The summed E-state index contributed by atoms with van der Waals surface area (Å²) in [7, 11) is -1.71. The number of aliphatic imine (C=N–C) groups is 1. The van der Waals surface area contributed by atoms with Crippen molar-refractivity contribution in [3.05, 3.63) is 52.8 Å². The first-order valence-corrected chi connectivity index (χ1v) is 11.0. The molecule has 1 aliphatic rings. The number of H-pyrrole nitrogens is 1. The Morgan fingerprint density at radius 3 is 2.50 bits per heavy atom. The van der Waals surface area contributed by atoms with E-state index in [0.29, 0.717) is 0 Å². The second kappa shape index (κ2) is 5.28. The summed E-state index contributed by atoms with van der Waals surface area (Å²) in [5, 5.41) is 0. The Morgan fingerprint density at radius 2 is 1.86 bits per heavy atom. The molecule has 1 aromatic heterocycles. The molecule has 114 valence electrons. The lowest BCUT2D eigenvalue weighted by Gasteiger charge is -2.19. The molecular weight excluding hydrogens is 288 g/mol. The first-order chi connectivity index (χ1) is 10.3. The first kappa shape index (κ1) is 14.8. The van der Waals surface area contributed by atoms with Gasteiger partial charge in [0.05, 0.1) is 5.69 Å². The molecule has 3 nitrogen and oxygen atoms in total. The van der Waals surface area contributed by atoms with Crippen LogP contribution in [0.25, 0.3) is 11.6 Å². The number of nitrogens with zero attached hydrogens (tertiary/aromatic N) is 1. The van der Waals surface area contributed by atoms with Crippen molar-refractivity contribution < 1.29 is 4.43 Å². The Bertz CT molecular complexity index is 779. The summed E-state index contributed by atoms with van der Waals surface area (Å²) in [6, 6.07) is 10.4. The van der Waals surface area contributed by atoms with Crippen molar-refractivity contribution in [3.63, 3.8) is 0 Å². The normalized spacial score (nSPS) is 15.9. The van der Waals surface area contributed by atoms with Gasteiger partial charge in [0.1, 0.15) is 0 Å². The third-order valence-corrected chi connectivity index (χ3v) is 4.33. The van der Waals surface area contributed by atoms with Crippen LogP contribution in [0, 0.1) is 13.8 Å². The molecular formula is C18H22N2OSi. The van der Waals surface area contributed by atoms with E-state index in [-0.39, 0.29) is 0 Å². The number of aromatic nitrogens is 1. The van der Waals surface area contributed by atoms with Crippen LogP contribution >= 0.6 is 0 Å². The van der Waals surface area contributed by atoms with E-state index in [2.05, 4.69) is 56.7 Å². The Labute approximate surface area is 132 Å². The van der Waals surface area contributed by atoms with E-state index in [0.717, 1.165) is 28.4 Å². The highest BCUT2D eigenvalue weighted by Crippen LogP contribution is 2.37. The van der Waals surface area contributed by atoms with Crippen molar-refractivity contribution in [2.24, 2.45) is 4.99 Å². The number of hydrogen-bond donors (Lipinski definition) is 1. The highest BCUT2D eigenvalue weighted by Gasteiger charge is 2.27. The zero-order valence-corrected chi connectivity index (χ0v) is 14.8. The van der Waals surface area contributed by atoms with E-state index in [1.165, 1.54) is 11.3 Å². The molecule has 0 bridgehead atoms. The summed E-state index contributed by atoms with van der Waals surface area (Å²) in [6.45, 7) is 10.7. The number of nitrogens with one attached hydrogen (secondary N) is 1. The van der Waals surface area contributed by atoms with E-state index >= 15 is 0 Å². The number of para-hydroxylation sites is 1.